The molecule has 0 heterocycles. The van der Waals surface area contributed by atoms with Gasteiger partial charge in [-0.25, -0.2) is 4.39 Å². The summed E-state index contributed by atoms with van der Waals surface area (Å²) in [5.41, 5.74) is 2.12. The Labute approximate surface area is 164 Å². The zero-order chi connectivity index (χ0) is 17.4. The normalized spacial score (nSPS) is 10.6. The molecule has 0 radical (unpaired) electrons. The molecule has 0 aromatic heterocycles. The summed E-state index contributed by atoms with van der Waals surface area (Å²) in [6, 6.07) is 13.9. The molecule has 134 valence electrons. The fourth-order valence-corrected chi connectivity index (χ4v) is 2.19. The highest BCUT2D eigenvalue weighted by molar-refractivity contribution is 14.0. The lowest BCUT2D eigenvalue weighted by molar-refractivity contribution is 0.0963. The van der Waals surface area contributed by atoms with E-state index in [0.29, 0.717) is 30.2 Å². The van der Waals surface area contributed by atoms with Crippen LogP contribution in [0.2, 0.25) is 0 Å². The third-order valence-corrected chi connectivity index (χ3v) is 3.50. The Hall–Kier alpha value is -2.16. The molecule has 5 nitrogen and oxygen atoms in total. The molecular formula is C18H22FIN4O. The summed E-state index contributed by atoms with van der Waals surface area (Å²) in [5.74, 6) is 0.182. The van der Waals surface area contributed by atoms with E-state index in [4.69, 9.17) is 0 Å². The number of amides is 1. The number of hydrogen-bond acceptors (Lipinski definition) is 2. The van der Waals surface area contributed by atoms with Gasteiger partial charge in [0, 0.05) is 38.3 Å². The molecule has 0 spiro atoms. The van der Waals surface area contributed by atoms with Gasteiger partial charge in [0.25, 0.3) is 5.91 Å². The number of carbonyl (C=O) groups excluding carboxylic acids is 1. The van der Waals surface area contributed by atoms with E-state index in [2.05, 4.69) is 20.9 Å². The summed E-state index contributed by atoms with van der Waals surface area (Å²) in [4.78, 5) is 15.8. The zero-order valence-electron chi connectivity index (χ0n) is 14.2. The van der Waals surface area contributed by atoms with Gasteiger partial charge < -0.3 is 16.0 Å². The summed E-state index contributed by atoms with van der Waals surface area (Å²) < 4.78 is 13.6. The van der Waals surface area contributed by atoms with Crippen LogP contribution < -0.4 is 16.0 Å². The summed E-state index contributed by atoms with van der Waals surface area (Å²) in [5, 5.41) is 8.81. The number of nitrogens with one attached hydrogen (secondary N) is 3. The van der Waals surface area contributed by atoms with Crippen LogP contribution in [0.25, 0.3) is 0 Å². The van der Waals surface area contributed by atoms with E-state index in [1.807, 2.05) is 18.2 Å². The number of halogens is 2. The van der Waals surface area contributed by atoms with Crippen LogP contribution in [0.4, 0.5) is 4.39 Å². The lowest BCUT2D eigenvalue weighted by Gasteiger charge is -2.13. The van der Waals surface area contributed by atoms with Crippen molar-refractivity contribution < 1.29 is 9.18 Å². The smallest absolute Gasteiger partial charge is 0.251 e. The predicted molar refractivity (Wildman–Crippen MR) is 109 cm³/mol. The number of rotatable bonds is 5. The summed E-state index contributed by atoms with van der Waals surface area (Å²) >= 11 is 0. The van der Waals surface area contributed by atoms with Gasteiger partial charge in [-0.2, -0.15) is 0 Å². The van der Waals surface area contributed by atoms with Crippen molar-refractivity contribution in [2.45, 2.75) is 13.1 Å². The van der Waals surface area contributed by atoms with E-state index in [1.165, 1.54) is 6.07 Å². The zero-order valence-corrected chi connectivity index (χ0v) is 16.5. The maximum atomic E-state index is 13.6. The lowest BCUT2D eigenvalue weighted by atomic mass is 10.1. The van der Waals surface area contributed by atoms with Crippen molar-refractivity contribution in [2.24, 2.45) is 4.99 Å². The van der Waals surface area contributed by atoms with Crippen LogP contribution in [0.1, 0.15) is 21.5 Å². The molecule has 0 aliphatic rings. The molecule has 3 N–H and O–H groups in total. The second kappa shape index (κ2) is 10.7. The molecule has 0 unspecified atom stereocenters. The van der Waals surface area contributed by atoms with Crippen LogP contribution in [0, 0.1) is 5.82 Å². The highest BCUT2D eigenvalue weighted by Crippen LogP contribution is 2.06. The van der Waals surface area contributed by atoms with Gasteiger partial charge in [0.15, 0.2) is 5.96 Å². The Morgan fingerprint density at radius 1 is 1.08 bits per heavy atom. The van der Waals surface area contributed by atoms with E-state index in [1.54, 1.807) is 38.4 Å². The van der Waals surface area contributed by atoms with Crippen LogP contribution in [0.15, 0.2) is 53.5 Å². The standard InChI is InChI=1S/C18H21FN4O.HI/c1-20-17(24)14-8-5-6-13(10-14)11-22-18(21-2)23-12-15-7-3-4-9-16(15)19;/h3-10H,11-12H2,1-2H3,(H,20,24)(H2,21,22,23);1H. The molecule has 0 saturated carbocycles. The predicted octanol–water partition coefficient (Wildman–Crippen LogP) is 2.67. The van der Waals surface area contributed by atoms with Gasteiger partial charge in [0.2, 0.25) is 0 Å². The minimum atomic E-state index is -0.251. The van der Waals surface area contributed by atoms with Gasteiger partial charge in [-0.15, -0.1) is 24.0 Å². The first-order valence-corrected chi connectivity index (χ1v) is 7.63. The summed E-state index contributed by atoms with van der Waals surface area (Å²) in [6.07, 6.45) is 0. The first-order chi connectivity index (χ1) is 11.6. The van der Waals surface area contributed by atoms with Crippen molar-refractivity contribution >= 4 is 35.8 Å². The average molecular weight is 456 g/mol. The molecule has 0 aliphatic carbocycles. The minimum absolute atomic E-state index is 0. The topological polar surface area (TPSA) is 65.5 Å². The highest BCUT2D eigenvalue weighted by atomic mass is 127. The van der Waals surface area contributed by atoms with Crippen molar-refractivity contribution in [3.05, 3.63) is 71.0 Å². The largest absolute Gasteiger partial charge is 0.355 e. The number of benzene rings is 2. The third kappa shape index (κ3) is 6.33. The van der Waals surface area contributed by atoms with E-state index in [9.17, 15) is 9.18 Å². The molecular weight excluding hydrogens is 434 g/mol. The van der Waals surface area contributed by atoms with Crippen LogP contribution >= 0.6 is 24.0 Å². The molecule has 0 fully saturated rings. The van der Waals surface area contributed by atoms with Crippen LogP contribution in [-0.2, 0) is 13.1 Å². The molecule has 0 atom stereocenters. The molecule has 25 heavy (non-hydrogen) atoms. The van der Waals surface area contributed by atoms with Crippen molar-refractivity contribution in [3.8, 4) is 0 Å². The van der Waals surface area contributed by atoms with Gasteiger partial charge in [-0.05, 0) is 23.8 Å². The van der Waals surface area contributed by atoms with Crippen molar-refractivity contribution in [1.29, 1.82) is 0 Å². The fraction of sp³-hybridized carbons (Fsp3) is 0.222. The van der Waals surface area contributed by atoms with E-state index < -0.39 is 0 Å². The number of hydrogen-bond donors (Lipinski definition) is 3. The van der Waals surface area contributed by atoms with Crippen molar-refractivity contribution in [2.75, 3.05) is 14.1 Å². The van der Waals surface area contributed by atoms with Crippen LogP contribution in [0.3, 0.4) is 0 Å². The molecule has 0 bridgehead atoms. The Bertz CT molecular complexity index is 737. The Morgan fingerprint density at radius 2 is 1.80 bits per heavy atom. The van der Waals surface area contributed by atoms with Gasteiger partial charge in [-0.3, -0.25) is 9.79 Å². The maximum absolute atomic E-state index is 13.6. The van der Waals surface area contributed by atoms with E-state index in [0.717, 1.165) is 5.56 Å². The number of nitrogens with zero attached hydrogens (tertiary/aromatic N) is 1. The van der Waals surface area contributed by atoms with Gasteiger partial charge in [0.05, 0.1) is 0 Å². The van der Waals surface area contributed by atoms with Gasteiger partial charge in [0.1, 0.15) is 5.82 Å². The molecule has 2 aromatic carbocycles. The molecule has 7 heteroatoms. The minimum Gasteiger partial charge on any atom is -0.355 e. The number of carbonyl (C=O) groups is 1. The Balaban J connectivity index is 0.00000312. The number of aliphatic imine (C=N–C) groups is 1. The first kappa shape index (κ1) is 20.9. The molecule has 0 saturated heterocycles. The first-order valence-electron chi connectivity index (χ1n) is 7.63. The monoisotopic (exact) mass is 456 g/mol. The van der Waals surface area contributed by atoms with Crippen molar-refractivity contribution in [3.63, 3.8) is 0 Å². The van der Waals surface area contributed by atoms with Gasteiger partial charge >= 0.3 is 0 Å². The summed E-state index contributed by atoms with van der Waals surface area (Å²) in [6.45, 7) is 0.840. The second-order valence-electron chi connectivity index (χ2n) is 5.15. The SMILES string of the molecule is CN=C(NCc1cccc(C(=O)NC)c1)NCc1ccccc1F.I. The number of guanidine groups is 1. The highest BCUT2D eigenvalue weighted by Gasteiger charge is 2.05. The van der Waals surface area contributed by atoms with Crippen molar-refractivity contribution in [1.82, 2.24) is 16.0 Å². The summed E-state index contributed by atoms with van der Waals surface area (Å²) in [7, 11) is 3.25. The Kier molecular flexibility index (Phi) is 8.90. The molecule has 0 aliphatic heterocycles. The van der Waals surface area contributed by atoms with E-state index in [-0.39, 0.29) is 35.7 Å². The quantitative estimate of drug-likeness (QED) is 0.369. The Morgan fingerprint density at radius 3 is 2.48 bits per heavy atom. The molecule has 2 rings (SSSR count). The third-order valence-electron chi connectivity index (χ3n) is 3.50. The second-order valence-corrected chi connectivity index (χ2v) is 5.15. The average Bonchev–Trinajstić information content (AvgIpc) is 2.62. The molecule has 2 aromatic rings. The maximum Gasteiger partial charge on any atom is 0.251 e. The molecule has 1 amide bonds. The van der Waals surface area contributed by atoms with E-state index >= 15 is 0 Å². The van der Waals surface area contributed by atoms with Crippen LogP contribution in [0.5, 0.6) is 0 Å². The van der Waals surface area contributed by atoms with Crippen LogP contribution in [-0.4, -0.2) is 26.0 Å². The van der Waals surface area contributed by atoms with Gasteiger partial charge in [-0.1, -0.05) is 30.3 Å². The lowest BCUT2D eigenvalue weighted by Crippen LogP contribution is -2.36. The fourth-order valence-electron chi connectivity index (χ4n) is 2.19.